The van der Waals surface area contributed by atoms with Crippen molar-refractivity contribution in [3.8, 4) is 11.8 Å². The van der Waals surface area contributed by atoms with E-state index in [1.54, 1.807) is 31.4 Å². The van der Waals surface area contributed by atoms with E-state index in [-0.39, 0.29) is 5.91 Å². The summed E-state index contributed by atoms with van der Waals surface area (Å²) < 4.78 is 5.04. The molecule has 4 heteroatoms. The summed E-state index contributed by atoms with van der Waals surface area (Å²) in [4.78, 5) is 12.1. The Morgan fingerprint density at radius 1 is 1.44 bits per heavy atom. The molecular formula is C14H16N2O2. The lowest BCUT2D eigenvalue weighted by Gasteiger charge is -2.39. The number of benzene rings is 1. The topological polar surface area (TPSA) is 62.1 Å². The fourth-order valence-electron chi connectivity index (χ4n) is 2.38. The summed E-state index contributed by atoms with van der Waals surface area (Å²) in [5.74, 6) is 0.986. The van der Waals surface area contributed by atoms with E-state index < -0.39 is 5.41 Å². The second-order valence-electron chi connectivity index (χ2n) is 4.89. The Bertz CT molecular complexity index is 482. The van der Waals surface area contributed by atoms with Gasteiger partial charge in [0.25, 0.3) is 0 Å². The van der Waals surface area contributed by atoms with E-state index in [2.05, 4.69) is 18.3 Å². The molecule has 1 aromatic carbocycles. The van der Waals surface area contributed by atoms with Gasteiger partial charge in [0.1, 0.15) is 11.2 Å². The van der Waals surface area contributed by atoms with Crippen LogP contribution in [0.3, 0.4) is 0 Å². The Morgan fingerprint density at radius 3 is 2.50 bits per heavy atom. The molecule has 1 aromatic rings. The summed E-state index contributed by atoms with van der Waals surface area (Å²) in [6, 6.07) is 9.24. The minimum Gasteiger partial charge on any atom is -0.497 e. The van der Waals surface area contributed by atoms with Crippen LogP contribution in [-0.2, 0) is 4.79 Å². The molecule has 4 nitrogen and oxygen atoms in total. The van der Waals surface area contributed by atoms with E-state index in [4.69, 9.17) is 10.00 Å². The van der Waals surface area contributed by atoms with Crippen molar-refractivity contribution in [2.75, 3.05) is 12.4 Å². The first kappa shape index (κ1) is 12.4. The van der Waals surface area contributed by atoms with E-state index in [0.29, 0.717) is 24.4 Å². The van der Waals surface area contributed by atoms with Gasteiger partial charge < -0.3 is 10.1 Å². The molecule has 0 saturated heterocycles. The van der Waals surface area contributed by atoms with Gasteiger partial charge in [0.2, 0.25) is 5.91 Å². The van der Waals surface area contributed by atoms with Crippen molar-refractivity contribution in [3.05, 3.63) is 24.3 Å². The average molecular weight is 244 g/mol. The number of carbonyl (C=O) groups is 1. The van der Waals surface area contributed by atoms with Gasteiger partial charge in [-0.25, -0.2) is 0 Å². The Labute approximate surface area is 107 Å². The van der Waals surface area contributed by atoms with Crippen LogP contribution >= 0.6 is 0 Å². The minimum absolute atomic E-state index is 0.201. The number of hydrogen-bond donors (Lipinski definition) is 1. The number of rotatable bonds is 3. The molecule has 2 rings (SSSR count). The van der Waals surface area contributed by atoms with Crippen LogP contribution in [0.4, 0.5) is 5.69 Å². The largest absolute Gasteiger partial charge is 0.497 e. The monoisotopic (exact) mass is 244 g/mol. The van der Waals surface area contributed by atoms with Gasteiger partial charge in [-0.1, -0.05) is 6.92 Å². The van der Waals surface area contributed by atoms with Crippen LogP contribution in [0.5, 0.6) is 5.75 Å². The first-order valence-corrected chi connectivity index (χ1v) is 5.96. The molecule has 1 saturated carbocycles. The normalized spacial score (nSPS) is 25.7. The molecule has 0 aliphatic heterocycles. The summed E-state index contributed by atoms with van der Waals surface area (Å²) in [6.07, 6.45) is 1.29. The number of nitrogens with one attached hydrogen (secondary N) is 1. The zero-order chi connectivity index (χ0) is 13.2. The second-order valence-corrected chi connectivity index (χ2v) is 4.89. The second kappa shape index (κ2) is 4.69. The number of anilines is 1. The zero-order valence-electron chi connectivity index (χ0n) is 10.6. The van der Waals surface area contributed by atoms with Gasteiger partial charge in [-0.2, -0.15) is 5.26 Å². The fourth-order valence-corrected chi connectivity index (χ4v) is 2.38. The van der Waals surface area contributed by atoms with E-state index in [0.717, 1.165) is 5.75 Å². The molecule has 18 heavy (non-hydrogen) atoms. The number of amides is 1. The average Bonchev–Trinajstić information content (AvgIpc) is 2.35. The predicted molar refractivity (Wildman–Crippen MR) is 68.1 cm³/mol. The maximum Gasteiger partial charge on any atom is 0.244 e. The molecule has 1 N–H and O–H groups in total. The molecular weight excluding hydrogens is 228 g/mol. The highest BCUT2D eigenvalue weighted by Crippen LogP contribution is 2.45. The van der Waals surface area contributed by atoms with Crippen LogP contribution in [0.2, 0.25) is 0 Å². The Hall–Kier alpha value is -2.02. The van der Waals surface area contributed by atoms with Gasteiger partial charge in [0.05, 0.1) is 13.2 Å². The SMILES string of the molecule is COc1ccc(NC(=O)C2(C#N)CC(C)C2)cc1. The first-order valence-electron chi connectivity index (χ1n) is 5.96. The van der Waals surface area contributed by atoms with Gasteiger partial charge in [0.15, 0.2) is 0 Å². The van der Waals surface area contributed by atoms with Crippen molar-refractivity contribution < 1.29 is 9.53 Å². The maximum atomic E-state index is 12.1. The number of carbonyl (C=O) groups excluding carboxylic acids is 1. The number of ether oxygens (including phenoxy) is 1. The summed E-state index contributed by atoms with van der Waals surface area (Å²) in [5.41, 5.74) is -0.144. The third-order valence-corrected chi connectivity index (χ3v) is 3.39. The highest BCUT2D eigenvalue weighted by atomic mass is 16.5. The quantitative estimate of drug-likeness (QED) is 0.888. The molecule has 1 aliphatic rings. The van der Waals surface area contributed by atoms with Crippen LogP contribution < -0.4 is 10.1 Å². The van der Waals surface area contributed by atoms with Crippen LogP contribution in [0, 0.1) is 22.7 Å². The zero-order valence-corrected chi connectivity index (χ0v) is 10.6. The molecule has 0 atom stereocenters. The van der Waals surface area contributed by atoms with Crippen molar-refractivity contribution >= 4 is 11.6 Å². The molecule has 0 aromatic heterocycles. The maximum absolute atomic E-state index is 12.1. The van der Waals surface area contributed by atoms with E-state index >= 15 is 0 Å². The van der Waals surface area contributed by atoms with Crippen LogP contribution in [0.1, 0.15) is 19.8 Å². The minimum atomic E-state index is -0.834. The number of hydrogen-bond acceptors (Lipinski definition) is 3. The van der Waals surface area contributed by atoms with Gasteiger partial charge in [0, 0.05) is 5.69 Å². The van der Waals surface area contributed by atoms with E-state index in [1.807, 2.05) is 0 Å². The molecule has 0 heterocycles. The van der Waals surface area contributed by atoms with E-state index in [9.17, 15) is 4.79 Å². The van der Waals surface area contributed by atoms with Gasteiger partial charge >= 0.3 is 0 Å². The van der Waals surface area contributed by atoms with Crippen molar-refractivity contribution in [1.82, 2.24) is 0 Å². The molecule has 94 valence electrons. The molecule has 0 unspecified atom stereocenters. The first-order chi connectivity index (χ1) is 8.59. The Morgan fingerprint density at radius 2 is 2.06 bits per heavy atom. The van der Waals surface area contributed by atoms with Crippen LogP contribution in [0.25, 0.3) is 0 Å². The molecule has 1 aliphatic carbocycles. The third-order valence-electron chi connectivity index (χ3n) is 3.39. The molecule has 0 spiro atoms. The highest BCUT2D eigenvalue weighted by Gasteiger charge is 2.48. The van der Waals surface area contributed by atoms with Crippen molar-refractivity contribution in [1.29, 1.82) is 5.26 Å². The molecule has 1 fully saturated rings. The van der Waals surface area contributed by atoms with E-state index in [1.165, 1.54) is 0 Å². The standard InChI is InChI=1S/C14H16N2O2/c1-10-7-14(8-10,9-15)13(17)16-11-3-5-12(18-2)6-4-11/h3-6,10H,7-8H2,1-2H3,(H,16,17). The van der Waals surface area contributed by atoms with Gasteiger partial charge in [-0.15, -0.1) is 0 Å². The summed E-state index contributed by atoms with van der Waals surface area (Å²) in [6.45, 7) is 2.05. The lowest BCUT2D eigenvalue weighted by Crippen LogP contribution is -2.45. The van der Waals surface area contributed by atoms with Crippen molar-refractivity contribution in [2.45, 2.75) is 19.8 Å². The highest BCUT2D eigenvalue weighted by molar-refractivity contribution is 5.97. The van der Waals surface area contributed by atoms with Gasteiger partial charge in [-0.3, -0.25) is 4.79 Å². The predicted octanol–water partition coefficient (Wildman–Crippen LogP) is 2.57. The fraction of sp³-hybridized carbons (Fsp3) is 0.429. The van der Waals surface area contributed by atoms with Crippen LogP contribution in [-0.4, -0.2) is 13.0 Å². The lowest BCUT2D eigenvalue weighted by atomic mass is 9.63. The van der Waals surface area contributed by atoms with Gasteiger partial charge in [-0.05, 0) is 43.0 Å². The molecule has 0 radical (unpaired) electrons. The Kier molecular flexibility index (Phi) is 3.24. The number of methoxy groups -OCH3 is 1. The number of nitrogens with zero attached hydrogens (tertiary/aromatic N) is 1. The molecule has 0 bridgehead atoms. The van der Waals surface area contributed by atoms with Crippen LogP contribution in [0.15, 0.2) is 24.3 Å². The van der Waals surface area contributed by atoms with Crippen molar-refractivity contribution in [3.63, 3.8) is 0 Å². The summed E-state index contributed by atoms with van der Waals surface area (Å²) >= 11 is 0. The lowest BCUT2D eigenvalue weighted by molar-refractivity contribution is -0.128. The summed E-state index contributed by atoms with van der Waals surface area (Å²) in [7, 11) is 1.59. The summed E-state index contributed by atoms with van der Waals surface area (Å²) in [5, 5.41) is 11.9. The van der Waals surface area contributed by atoms with Crippen molar-refractivity contribution in [2.24, 2.45) is 11.3 Å². The number of nitriles is 1. The third kappa shape index (κ3) is 2.17. The smallest absolute Gasteiger partial charge is 0.244 e. The molecule has 1 amide bonds. The Balaban J connectivity index is 2.05.